The van der Waals surface area contributed by atoms with Crippen LogP contribution in [0.3, 0.4) is 0 Å². The highest BCUT2D eigenvalue weighted by molar-refractivity contribution is 5.83. The van der Waals surface area contributed by atoms with Crippen LogP contribution in [0.1, 0.15) is 19.8 Å². The van der Waals surface area contributed by atoms with Crippen molar-refractivity contribution in [3.05, 3.63) is 6.33 Å². The van der Waals surface area contributed by atoms with Crippen LogP contribution >= 0.6 is 0 Å². The van der Waals surface area contributed by atoms with Crippen LogP contribution in [0, 0.1) is 0 Å². The molecule has 0 aliphatic rings. The summed E-state index contributed by atoms with van der Waals surface area (Å²) in [5.74, 6) is 1.23. The number of rotatable bonds is 6. The van der Waals surface area contributed by atoms with Crippen molar-refractivity contribution in [1.29, 1.82) is 0 Å². The van der Waals surface area contributed by atoms with Crippen LogP contribution in [0.5, 0.6) is 0 Å². The maximum absolute atomic E-state index is 9.01. The standard InChI is InChI=1S/C11H18N6O/c1-3-7(4-5-18)15-10-8-9(14-6-13-8)16-11(12-2)17-10/h6-7,18H,3-5H2,1-2H3,(H3,12,13,14,15,16,17). The molecule has 1 atom stereocenters. The number of H-pyrrole nitrogens is 1. The van der Waals surface area contributed by atoms with E-state index in [-0.39, 0.29) is 12.6 Å². The number of imidazole rings is 1. The SMILES string of the molecule is CCC(CCO)Nc1nc(NC)nc2nc[nH]c12. The first-order valence-electron chi connectivity index (χ1n) is 6.04. The highest BCUT2D eigenvalue weighted by atomic mass is 16.3. The summed E-state index contributed by atoms with van der Waals surface area (Å²) in [7, 11) is 1.77. The molecule has 4 N–H and O–H groups in total. The zero-order chi connectivity index (χ0) is 13.0. The lowest BCUT2D eigenvalue weighted by atomic mass is 10.1. The lowest BCUT2D eigenvalue weighted by Gasteiger charge is -2.17. The maximum atomic E-state index is 9.01. The Morgan fingerprint density at radius 1 is 1.44 bits per heavy atom. The van der Waals surface area contributed by atoms with Gasteiger partial charge in [0.1, 0.15) is 5.52 Å². The molecule has 98 valence electrons. The van der Waals surface area contributed by atoms with Gasteiger partial charge in [-0.25, -0.2) is 4.98 Å². The fraction of sp³-hybridized carbons (Fsp3) is 0.545. The predicted octanol–water partition coefficient (Wildman–Crippen LogP) is 0.967. The van der Waals surface area contributed by atoms with Crippen LogP contribution in [0.2, 0.25) is 0 Å². The zero-order valence-electron chi connectivity index (χ0n) is 10.6. The number of aliphatic hydroxyl groups is 1. The summed E-state index contributed by atoms with van der Waals surface area (Å²) in [5, 5.41) is 15.2. The second-order valence-electron chi connectivity index (χ2n) is 4.01. The van der Waals surface area contributed by atoms with Gasteiger partial charge in [0.15, 0.2) is 11.5 Å². The van der Waals surface area contributed by atoms with E-state index in [0.717, 1.165) is 11.9 Å². The lowest BCUT2D eigenvalue weighted by molar-refractivity contribution is 0.278. The van der Waals surface area contributed by atoms with Crippen molar-refractivity contribution < 1.29 is 5.11 Å². The Balaban J connectivity index is 2.32. The Kier molecular flexibility index (Phi) is 3.93. The summed E-state index contributed by atoms with van der Waals surface area (Å²) >= 11 is 0. The molecule has 2 rings (SSSR count). The van der Waals surface area contributed by atoms with Crippen LogP contribution in [-0.4, -0.2) is 44.7 Å². The van der Waals surface area contributed by atoms with Crippen LogP contribution in [-0.2, 0) is 0 Å². The fourth-order valence-electron chi connectivity index (χ4n) is 1.78. The fourth-order valence-corrected chi connectivity index (χ4v) is 1.78. The van der Waals surface area contributed by atoms with Gasteiger partial charge in [0.05, 0.1) is 6.33 Å². The Hall–Kier alpha value is -1.89. The zero-order valence-corrected chi connectivity index (χ0v) is 10.6. The van der Waals surface area contributed by atoms with E-state index in [4.69, 9.17) is 5.11 Å². The average molecular weight is 250 g/mol. The van der Waals surface area contributed by atoms with Gasteiger partial charge in [-0.2, -0.15) is 9.97 Å². The largest absolute Gasteiger partial charge is 0.396 e. The molecule has 18 heavy (non-hydrogen) atoms. The van der Waals surface area contributed by atoms with E-state index in [1.54, 1.807) is 13.4 Å². The molecule has 0 spiro atoms. The number of hydrogen-bond donors (Lipinski definition) is 4. The summed E-state index contributed by atoms with van der Waals surface area (Å²) in [6.07, 6.45) is 3.19. The van der Waals surface area contributed by atoms with Crippen LogP contribution < -0.4 is 10.6 Å². The number of aliphatic hydroxyl groups excluding tert-OH is 1. The number of aromatic nitrogens is 4. The van der Waals surface area contributed by atoms with Gasteiger partial charge in [0, 0.05) is 19.7 Å². The van der Waals surface area contributed by atoms with Gasteiger partial charge in [0.2, 0.25) is 5.95 Å². The molecule has 0 saturated heterocycles. The molecule has 0 fully saturated rings. The van der Waals surface area contributed by atoms with Gasteiger partial charge < -0.3 is 20.7 Å². The quantitative estimate of drug-likeness (QED) is 0.609. The average Bonchev–Trinajstić information content (AvgIpc) is 2.86. The van der Waals surface area contributed by atoms with E-state index in [0.29, 0.717) is 23.8 Å². The molecule has 0 aromatic carbocycles. The van der Waals surface area contributed by atoms with Crippen LogP contribution in [0.15, 0.2) is 6.33 Å². The Morgan fingerprint density at radius 3 is 2.94 bits per heavy atom. The van der Waals surface area contributed by atoms with Gasteiger partial charge in [0.25, 0.3) is 0 Å². The van der Waals surface area contributed by atoms with Gasteiger partial charge in [-0.1, -0.05) is 6.92 Å². The summed E-state index contributed by atoms with van der Waals surface area (Å²) in [5.41, 5.74) is 1.40. The minimum Gasteiger partial charge on any atom is -0.396 e. The number of aromatic amines is 1. The third-order valence-corrected chi connectivity index (χ3v) is 2.82. The van der Waals surface area contributed by atoms with E-state index >= 15 is 0 Å². The molecular formula is C11H18N6O. The van der Waals surface area contributed by atoms with E-state index < -0.39 is 0 Å². The maximum Gasteiger partial charge on any atom is 0.226 e. The van der Waals surface area contributed by atoms with Crippen molar-refractivity contribution in [1.82, 2.24) is 19.9 Å². The molecule has 0 saturated carbocycles. The topological polar surface area (TPSA) is 98.8 Å². The van der Waals surface area contributed by atoms with Crippen molar-refractivity contribution >= 4 is 22.9 Å². The Morgan fingerprint density at radius 2 is 2.28 bits per heavy atom. The second kappa shape index (κ2) is 5.63. The third kappa shape index (κ3) is 2.51. The number of nitrogens with one attached hydrogen (secondary N) is 3. The minimum atomic E-state index is 0.154. The molecule has 0 bridgehead atoms. The van der Waals surface area contributed by atoms with E-state index in [1.807, 2.05) is 0 Å². The lowest BCUT2D eigenvalue weighted by Crippen LogP contribution is -2.21. The van der Waals surface area contributed by atoms with Crippen molar-refractivity contribution in [2.75, 3.05) is 24.3 Å². The number of nitrogens with zero attached hydrogens (tertiary/aromatic N) is 3. The van der Waals surface area contributed by atoms with E-state index in [2.05, 4.69) is 37.5 Å². The molecule has 0 radical (unpaired) electrons. The number of anilines is 2. The minimum absolute atomic E-state index is 0.154. The second-order valence-corrected chi connectivity index (χ2v) is 4.01. The van der Waals surface area contributed by atoms with Crippen LogP contribution in [0.4, 0.5) is 11.8 Å². The smallest absolute Gasteiger partial charge is 0.226 e. The first-order chi connectivity index (χ1) is 8.78. The molecule has 0 aliphatic heterocycles. The van der Waals surface area contributed by atoms with Gasteiger partial charge in [-0.3, -0.25) is 0 Å². The summed E-state index contributed by atoms with van der Waals surface area (Å²) in [6, 6.07) is 0.182. The molecular weight excluding hydrogens is 232 g/mol. The summed E-state index contributed by atoms with van der Waals surface area (Å²) in [4.78, 5) is 15.8. The van der Waals surface area contributed by atoms with E-state index in [1.165, 1.54) is 0 Å². The third-order valence-electron chi connectivity index (χ3n) is 2.82. The first-order valence-corrected chi connectivity index (χ1v) is 6.04. The summed E-state index contributed by atoms with van der Waals surface area (Å²) in [6.45, 7) is 2.22. The molecule has 2 aromatic rings. The molecule has 7 heteroatoms. The molecule has 2 aromatic heterocycles. The normalized spacial score (nSPS) is 12.6. The van der Waals surface area contributed by atoms with E-state index in [9.17, 15) is 0 Å². The number of hydrogen-bond acceptors (Lipinski definition) is 6. The highest BCUT2D eigenvalue weighted by Crippen LogP contribution is 2.20. The molecule has 2 heterocycles. The van der Waals surface area contributed by atoms with Gasteiger partial charge >= 0.3 is 0 Å². The van der Waals surface area contributed by atoms with Crippen LogP contribution in [0.25, 0.3) is 11.2 Å². The predicted molar refractivity (Wildman–Crippen MR) is 70.6 cm³/mol. The molecule has 0 aliphatic carbocycles. The van der Waals surface area contributed by atoms with Crippen molar-refractivity contribution in [3.8, 4) is 0 Å². The van der Waals surface area contributed by atoms with Crippen molar-refractivity contribution in [2.45, 2.75) is 25.8 Å². The molecule has 7 nitrogen and oxygen atoms in total. The molecule has 0 amide bonds. The van der Waals surface area contributed by atoms with Crippen molar-refractivity contribution in [2.24, 2.45) is 0 Å². The van der Waals surface area contributed by atoms with Gasteiger partial charge in [-0.15, -0.1) is 0 Å². The Bertz CT molecular complexity index is 511. The monoisotopic (exact) mass is 250 g/mol. The summed E-state index contributed by atoms with van der Waals surface area (Å²) < 4.78 is 0. The molecule has 1 unspecified atom stereocenters. The number of fused-ring (bicyclic) bond motifs is 1. The van der Waals surface area contributed by atoms with Crippen molar-refractivity contribution in [3.63, 3.8) is 0 Å². The highest BCUT2D eigenvalue weighted by Gasteiger charge is 2.12. The first kappa shape index (κ1) is 12.6. The van der Waals surface area contributed by atoms with Gasteiger partial charge in [-0.05, 0) is 12.8 Å². The Labute approximate surface area is 105 Å².